The molecular formula is C28H29F2N7O. The first kappa shape index (κ1) is 23.3. The van der Waals surface area contributed by atoms with Gasteiger partial charge in [0.15, 0.2) is 0 Å². The van der Waals surface area contributed by atoms with E-state index in [1.165, 1.54) is 18.2 Å². The number of aromatic nitrogens is 4. The van der Waals surface area contributed by atoms with Gasteiger partial charge < -0.3 is 14.6 Å². The lowest BCUT2D eigenvalue weighted by Gasteiger charge is -2.41. The molecule has 38 heavy (non-hydrogen) atoms. The van der Waals surface area contributed by atoms with Crippen molar-refractivity contribution >= 4 is 11.7 Å². The predicted octanol–water partition coefficient (Wildman–Crippen LogP) is 4.27. The lowest BCUT2D eigenvalue weighted by molar-refractivity contribution is 0.0962. The van der Waals surface area contributed by atoms with Gasteiger partial charge in [0, 0.05) is 78.6 Å². The van der Waals surface area contributed by atoms with Gasteiger partial charge in [-0.25, -0.2) is 18.6 Å². The van der Waals surface area contributed by atoms with Crippen molar-refractivity contribution < 1.29 is 13.6 Å². The number of hydrogen-bond acceptors (Lipinski definition) is 4. The van der Waals surface area contributed by atoms with Gasteiger partial charge in [-0.15, -0.1) is 0 Å². The maximum Gasteiger partial charge on any atom is 0.317 e. The minimum absolute atomic E-state index is 0.0510. The maximum absolute atomic E-state index is 14.4. The summed E-state index contributed by atoms with van der Waals surface area (Å²) in [5.41, 5.74) is 4.89. The number of piperidine rings is 1. The molecule has 10 heteroatoms. The van der Waals surface area contributed by atoms with Crippen LogP contribution in [-0.4, -0.2) is 60.1 Å². The van der Waals surface area contributed by atoms with Crippen molar-refractivity contribution in [1.82, 2.24) is 34.7 Å². The molecule has 0 radical (unpaired) electrons. The number of pyridine rings is 1. The van der Waals surface area contributed by atoms with Crippen molar-refractivity contribution in [3.63, 3.8) is 0 Å². The number of urea groups is 1. The van der Waals surface area contributed by atoms with Crippen molar-refractivity contribution in [3.05, 3.63) is 77.4 Å². The molecule has 7 rings (SSSR count). The number of nitrogens with one attached hydrogen (secondary N) is 2. The molecule has 2 fully saturated rings. The van der Waals surface area contributed by atoms with Crippen LogP contribution in [0.1, 0.15) is 42.5 Å². The third-order valence-corrected chi connectivity index (χ3v) is 8.56. The number of nitrogens with zero attached hydrogens (tertiary/aromatic N) is 5. The van der Waals surface area contributed by atoms with Gasteiger partial charge in [-0.05, 0) is 49.9 Å². The highest BCUT2D eigenvalue weighted by Crippen LogP contribution is 2.38. The minimum atomic E-state index is -0.511. The first-order valence-corrected chi connectivity index (χ1v) is 13.3. The molecular weight excluding hydrogens is 488 g/mol. The van der Waals surface area contributed by atoms with Gasteiger partial charge in [-0.3, -0.25) is 10.00 Å². The van der Waals surface area contributed by atoms with Crippen LogP contribution in [-0.2, 0) is 19.5 Å². The normalized spacial score (nSPS) is 23.1. The van der Waals surface area contributed by atoms with Crippen molar-refractivity contribution in [2.45, 2.75) is 63.3 Å². The van der Waals surface area contributed by atoms with E-state index in [0.29, 0.717) is 25.6 Å². The average Bonchev–Trinajstić information content (AvgIpc) is 3.63. The summed E-state index contributed by atoms with van der Waals surface area (Å²) in [5.74, 6) is -1.02. The summed E-state index contributed by atoms with van der Waals surface area (Å²) in [5, 5.41) is 11.0. The van der Waals surface area contributed by atoms with E-state index in [-0.39, 0.29) is 30.2 Å². The monoisotopic (exact) mass is 517 g/mol. The Kier molecular flexibility index (Phi) is 5.65. The molecule has 0 spiro atoms. The van der Waals surface area contributed by atoms with E-state index in [1.54, 1.807) is 6.20 Å². The molecule has 4 aromatic rings. The Bertz CT molecular complexity index is 1490. The first-order chi connectivity index (χ1) is 18.5. The Morgan fingerprint density at radius 3 is 2.82 bits per heavy atom. The SMILES string of the molecule is O=C(N[C@@H]1CC[C@H]2CC[C@@H]1N2Cc1c(F)cccc1F)N1CCc2[nH]nc(-c3ccc4nccn4c3)c2C1. The van der Waals surface area contributed by atoms with Crippen molar-refractivity contribution in [1.29, 1.82) is 0 Å². The van der Waals surface area contributed by atoms with Crippen LogP contribution in [0.3, 0.4) is 0 Å². The maximum atomic E-state index is 14.4. The van der Waals surface area contributed by atoms with E-state index in [9.17, 15) is 13.6 Å². The molecule has 3 aromatic heterocycles. The van der Waals surface area contributed by atoms with E-state index in [2.05, 4.69) is 25.4 Å². The summed E-state index contributed by atoms with van der Waals surface area (Å²) in [6.07, 6.45) is 10.1. The lowest BCUT2D eigenvalue weighted by atomic mass is 9.96. The molecule has 196 valence electrons. The van der Waals surface area contributed by atoms with Gasteiger partial charge in [0.2, 0.25) is 0 Å². The number of H-pyrrole nitrogens is 1. The number of imidazole rings is 1. The molecule has 0 aliphatic carbocycles. The Morgan fingerprint density at radius 1 is 1.11 bits per heavy atom. The van der Waals surface area contributed by atoms with Crippen LogP contribution in [0.4, 0.5) is 13.6 Å². The smallest absolute Gasteiger partial charge is 0.317 e. The molecule has 1 aromatic carbocycles. The molecule has 2 amide bonds. The second-order valence-electron chi connectivity index (χ2n) is 10.6. The Labute approximate surface area is 218 Å². The fourth-order valence-electron chi connectivity index (χ4n) is 6.57. The predicted molar refractivity (Wildman–Crippen MR) is 137 cm³/mol. The third-order valence-electron chi connectivity index (χ3n) is 8.56. The zero-order valence-corrected chi connectivity index (χ0v) is 20.9. The number of hydrogen-bond donors (Lipinski definition) is 2. The molecule has 2 saturated heterocycles. The first-order valence-electron chi connectivity index (χ1n) is 13.3. The van der Waals surface area contributed by atoms with Crippen LogP contribution in [0, 0.1) is 11.6 Å². The Hall–Kier alpha value is -3.79. The highest BCUT2D eigenvalue weighted by Gasteiger charge is 2.43. The second kappa shape index (κ2) is 9.20. The minimum Gasteiger partial charge on any atom is -0.334 e. The molecule has 3 aliphatic rings. The van der Waals surface area contributed by atoms with Gasteiger partial charge in [-0.1, -0.05) is 6.07 Å². The zero-order chi connectivity index (χ0) is 25.8. The fraction of sp³-hybridized carbons (Fsp3) is 0.393. The van der Waals surface area contributed by atoms with Gasteiger partial charge >= 0.3 is 6.03 Å². The van der Waals surface area contributed by atoms with Crippen LogP contribution in [0.2, 0.25) is 0 Å². The summed E-state index contributed by atoms with van der Waals surface area (Å²) in [7, 11) is 0. The topological polar surface area (TPSA) is 81.6 Å². The highest BCUT2D eigenvalue weighted by molar-refractivity contribution is 5.76. The number of carbonyl (C=O) groups is 1. The van der Waals surface area contributed by atoms with Gasteiger partial charge in [0.1, 0.15) is 17.3 Å². The molecule has 2 N–H and O–H groups in total. The van der Waals surface area contributed by atoms with E-state index in [4.69, 9.17) is 0 Å². The Balaban J connectivity index is 1.07. The molecule has 6 heterocycles. The van der Waals surface area contributed by atoms with Crippen LogP contribution in [0.15, 0.2) is 48.9 Å². The molecule has 0 saturated carbocycles. The second-order valence-corrected chi connectivity index (χ2v) is 10.6. The Morgan fingerprint density at radius 2 is 1.95 bits per heavy atom. The summed E-state index contributed by atoms with van der Waals surface area (Å²) in [6, 6.07) is 8.20. The van der Waals surface area contributed by atoms with Crippen LogP contribution < -0.4 is 5.32 Å². The number of benzene rings is 1. The van der Waals surface area contributed by atoms with Crippen LogP contribution in [0.5, 0.6) is 0 Å². The lowest BCUT2D eigenvalue weighted by Crippen LogP contribution is -2.56. The molecule has 0 unspecified atom stereocenters. The van der Waals surface area contributed by atoms with Crippen molar-refractivity contribution in [2.75, 3.05) is 6.54 Å². The van der Waals surface area contributed by atoms with Crippen molar-refractivity contribution in [3.8, 4) is 11.3 Å². The van der Waals surface area contributed by atoms with E-state index in [1.807, 2.05) is 33.8 Å². The average molecular weight is 518 g/mol. The largest absolute Gasteiger partial charge is 0.334 e. The summed E-state index contributed by atoms with van der Waals surface area (Å²) in [4.78, 5) is 21.8. The van der Waals surface area contributed by atoms with Gasteiger partial charge in [-0.2, -0.15) is 5.10 Å². The van der Waals surface area contributed by atoms with E-state index in [0.717, 1.165) is 53.8 Å². The third kappa shape index (κ3) is 3.94. The number of aromatic amines is 1. The quantitative estimate of drug-likeness (QED) is 0.424. The van der Waals surface area contributed by atoms with E-state index >= 15 is 0 Å². The standard InChI is InChI=1S/C28H29F2N7O/c29-21-2-1-3-22(30)19(21)16-37-18-5-7-24(25(37)8-6-18)32-28(38)36-12-10-23-20(15-36)27(34-33-23)17-4-9-26-31-11-13-35(26)14-17/h1-4,9,11,13-14,18,24-25H,5-8,10,12,15-16H2,(H,32,38)(H,33,34)/t18-,24+,25-/m0/s1. The number of amides is 2. The molecule has 2 bridgehead atoms. The number of halogens is 2. The molecule has 8 nitrogen and oxygen atoms in total. The zero-order valence-electron chi connectivity index (χ0n) is 20.9. The summed E-state index contributed by atoms with van der Waals surface area (Å²) >= 11 is 0. The summed E-state index contributed by atoms with van der Waals surface area (Å²) < 4.78 is 30.7. The van der Waals surface area contributed by atoms with Gasteiger partial charge in [0.05, 0.1) is 12.2 Å². The van der Waals surface area contributed by atoms with Crippen molar-refractivity contribution in [2.24, 2.45) is 0 Å². The van der Waals surface area contributed by atoms with Gasteiger partial charge in [0.25, 0.3) is 0 Å². The highest BCUT2D eigenvalue weighted by atomic mass is 19.1. The number of fused-ring (bicyclic) bond motifs is 4. The molecule has 3 atom stereocenters. The van der Waals surface area contributed by atoms with Crippen LogP contribution in [0.25, 0.3) is 16.9 Å². The number of rotatable bonds is 4. The van der Waals surface area contributed by atoms with E-state index < -0.39 is 11.6 Å². The molecule has 3 aliphatic heterocycles. The van der Waals surface area contributed by atoms with Crippen LogP contribution >= 0.6 is 0 Å². The number of carbonyl (C=O) groups excluding carboxylic acids is 1. The summed E-state index contributed by atoms with van der Waals surface area (Å²) in [6.45, 7) is 1.30. The fourth-order valence-corrected chi connectivity index (χ4v) is 6.57.